The maximum atomic E-state index is 14.3. The minimum atomic E-state index is -0.677. The highest BCUT2D eigenvalue weighted by molar-refractivity contribution is 5.97. The van der Waals surface area contributed by atoms with Crippen LogP contribution in [0.1, 0.15) is 33.1 Å². The lowest BCUT2D eigenvalue weighted by molar-refractivity contribution is -0.129. The van der Waals surface area contributed by atoms with Crippen LogP contribution in [0.3, 0.4) is 0 Å². The Morgan fingerprint density at radius 2 is 1.80 bits per heavy atom. The van der Waals surface area contributed by atoms with Crippen LogP contribution in [-0.4, -0.2) is 42.4 Å². The van der Waals surface area contributed by atoms with E-state index in [1.54, 1.807) is 9.80 Å². The molecule has 1 N–H and O–H groups in total. The van der Waals surface area contributed by atoms with Crippen LogP contribution in [-0.2, 0) is 9.59 Å². The highest BCUT2D eigenvalue weighted by atomic mass is 19.1. The Bertz CT molecular complexity index is 664. The van der Waals surface area contributed by atoms with E-state index >= 15 is 0 Å². The summed E-state index contributed by atoms with van der Waals surface area (Å²) in [6.45, 7) is 5.38. The third-order valence-corrected chi connectivity index (χ3v) is 4.86. The molecule has 5 nitrogen and oxygen atoms in total. The summed E-state index contributed by atoms with van der Waals surface area (Å²) in [7, 11) is 0. The molecule has 2 fully saturated rings. The van der Waals surface area contributed by atoms with E-state index in [-0.39, 0.29) is 35.7 Å². The number of anilines is 2. The van der Waals surface area contributed by atoms with Gasteiger partial charge in [-0.15, -0.1) is 0 Å². The normalized spacial score (nSPS) is 20.7. The molecule has 0 saturated carbocycles. The first kappa shape index (κ1) is 17.6. The number of nitrogens with one attached hydrogen (secondary N) is 1. The van der Waals surface area contributed by atoms with Gasteiger partial charge in [-0.05, 0) is 38.8 Å². The van der Waals surface area contributed by atoms with E-state index in [0.717, 1.165) is 25.0 Å². The van der Waals surface area contributed by atoms with Gasteiger partial charge in [0.25, 0.3) is 0 Å². The van der Waals surface area contributed by atoms with Crippen molar-refractivity contribution in [2.75, 3.05) is 29.9 Å². The fourth-order valence-corrected chi connectivity index (χ4v) is 3.53. The van der Waals surface area contributed by atoms with Crippen LogP contribution in [0.5, 0.6) is 0 Å². The molecule has 2 heterocycles. The second-order valence-corrected chi connectivity index (χ2v) is 7.01. The van der Waals surface area contributed by atoms with Crippen LogP contribution < -0.4 is 10.2 Å². The number of hydrogen-bond donors (Lipinski definition) is 1. The Morgan fingerprint density at radius 1 is 1.20 bits per heavy atom. The largest absolute Gasteiger partial charge is 0.367 e. The second-order valence-electron chi connectivity index (χ2n) is 7.01. The Hall–Kier alpha value is -2.18. The summed E-state index contributed by atoms with van der Waals surface area (Å²) in [5, 5.41) is 2.55. The Labute approximate surface area is 146 Å². The quantitative estimate of drug-likeness (QED) is 0.908. The van der Waals surface area contributed by atoms with Crippen LogP contribution in [0.4, 0.5) is 20.2 Å². The highest BCUT2D eigenvalue weighted by Crippen LogP contribution is 2.30. The van der Waals surface area contributed by atoms with E-state index < -0.39 is 17.6 Å². The van der Waals surface area contributed by atoms with Crippen LogP contribution in [0, 0.1) is 17.6 Å². The van der Waals surface area contributed by atoms with Gasteiger partial charge in [-0.3, -0.25) is 9.59 Å². The number of carbonyl (C=O) groups excluding carboxylic acids is 2. The zero-order valence-corrected chi connectivity index (χ0v) is 14.5. The first-order chi connectivity index (χ1) is 11.9. The van der Waals surface area contributed by atoms with Gasteiger partial charge >= 0.3 is 0 Å². The first-order valence-electron chi connectivity index (χ1n) is 8.71. The summed E-state index contributed by atoms with van der Waals surface area (Å²) >= 11 is 0. The van der Waals surface area contributed by atoms with Crippen LogP contribution in [0.25, 0.3) is 0 Å². The standard InChI is InChI=1S/C18H23F2N3O2/c1-11(2)23-10-12(7-16(23)24)18(25)21-13-8-14(19)17(15(20)9-13)22-5-3-4-6-22/h8-9,11-12H,3-7,10H2,1-2H3,(H,21,25). The fourth-order valence-electron chi connectivity index (χ4n) is 3.53. The average Bonchev–Trinajstić information content (AvgIpc) is 3.16. The third-order valence-electron chi connectivity index (χ3n) is 4.86. The maximum absolute atomic E-state index is 14.3. The van der Waals surface area contributed by atoms with E-state index in [4.69, 9.17) is 0 Å². The summed E-state index contributed by atoms with van der Waals surface area (Å²) in [5.41, 5.74) is 0.0518. The van der Waals surface area contributed by atoms with Crippen molar-refractivity contribution in [2.45, 2.75) is 39.2 Å². The molecule has 0 radical (unpaired) electrons. The van der Waals surface area contributed by atoms with Crippen molar-refractivity contribution < 1.29 is 18.4 Å². The minimum Gasteiger partial charge on any atom is -0.367 e. The molecule has 2 amide bonds. The zero-order valence-electron chi connectivity index (χ0n) is 14.5. The average molecular weight is 351 g/mol. The SMILES string of the molecule is CC(C)N1CC(C(=O)Nc2cc(F)c(N3CCCC3)c(F)c2)CC1=O. The maximum Gasteiger partial charge on any atom is 0.229 e. The van der Waals surface area contributed by atoms with E-state index in [1.165, 1.54) is 0 Å². The summed E-state index contributed by atoms with van der Waals surface area (Å²) in [5.74, 6) is -2.31. The van der Waals surface area contributed by atoms with Crippen molar-refractivity contribution in [3.05, 3.63) is 23.8 Å². The van der Waals surface area contributed by atoms with Crippen molar-refractivity contribution in [2.24, 2.45) is 5.92 Å². The molecule has 3 rings (SSSR count). The van der Waals surface area contributed by atoms with E-state index in [0.29, 0.717) is 19.6 Å². The molecule has 1 atom stereocenters. The van der Waals surface area contributed by atoms with Crippen LogP contribution in [0.15, 0.2) is 12.1 Å². The molecular weight excluding hydrogens is 328 g/mol. The van der Waals surface area contributed by atoms with Gasteiger partial charge in [0.2, 0.25) is 11.8 Å². The minimum absolute atomic E-state index is 0.0277. The lowest BCUT2D eigenvalue weighted by Gasteiger charge is -2.21. The molecule has 2 saturated heterocycles. The van der Waals surface area contributed by atoms with Crippen LogP contribution >= 0.6 is 0 Å². The van der Waals surface area contributed by atoms with Crippen LogP contribution in [0.2, 0.25) is 0 Å². The molecule has 0 spiro atoms. The van der Waals surface area contributed by atoms with Crippen molar-refractivity contribution in [3.63, 3.8) is 0 Å². The number of halogens is 2. The van der Waals surface area contributed by atoms with Gasteiger partial charge in [-0.1, -0.05) is 0 Å². The molecule has 1 aromatic carbocycles. The number of benzene rings is 1. The van der Waals surface area contributed by atoms with Gasteiger partial charge in [0.05, 0.1) is 5.92 Å². The first-order valence-corrected chi connectivity index (χ1v) is 8.71. The Kier molecular flexibility index (Phi) is 4.92. The molecule has 7 heteroatoms. The van der Waals surface area contributed by atoms with E-state index in [1.807, 2.05) is 13.8 Å². The van der Waals surface area contributed by atoms with Crippen molar-refractivity contribution >= 4 is 23.2 Å². The summed E-state index contributed by atoms with van der Waals surface area (Å²) in [6.07, 6.45) is 1.96. The molecular formula is C18H23F2N3O2. The lowest BCUT2D eigenvalue weighted by atomic mass is 10.1. The number of rotatable bonds is 4. The molecule has 1 unspecified atom stereocenters. The van der Waals surface area contributed by atoms with Crippen molar-refractivity contribution in [1.29, 1.82) is 0 Å². The molecule has 25 heavy (non-hydrogen) atoms. The van der Waals surface area contributed by atoms with Gasteiger partial charge in [0, 0.05) is 37.8 Å². The summed E-state index contributed by atoms with van der Waals surface area (Å²) in [6, 6.07) is 2.32. The highest BCUT2D eigenvalue weighted by Gasteiger charge is 2.35. The molecule has 0 aliphatic carbocycles. The number of amides is 2. The third kappa shape index (κ3) is 3.60. The predicted molar refractivity (Wildman–Crippen MR) is 91.4 cm³/mol. The van der Waals surface area contributed by atoms with Crippen molar-refractivity contribution in [1.82, 2.24) is 4.90 Å². The monoisotopic (exact) mass is 351 g/mol. The zero-order chi connectivity index (χ0) is 18.1. The van der Waals surface area contributed by atoms with Crippen molar-refractivity contribution in [3.8, 4) is 0 Å². The molecule has 2 aliphatic heterocycles. The lowest BCUT2D eigenvalue weighted by Crippen LogP contribution is -2.33. The molecule has 0 bridgehead atoms. The number of likely N-dealkylation sites (tertiary alicyclic amines) is 1. The van der Waals surface area contributed by atoms with E-state index in [9.17, 15) is 18.4 Å². The predicted octanol–water partition coefficient (Wildman–Crippen LogP) is 2.76. The summed E-state index contributed by atoms with van der Waals surface area (Å²) in [4.78, 5) is 27.6. The second kappa shape index (κ2) is 6.98. The topological polar surface area (TPSA) is 52.7 Å². The number of nitrogens with zero attached hydrogens (tertiary/aromatic N) is 2. The van der Waals surface area contributed by atoms with Gasteiger partial charge in [-0.2, -0.15) is 0 Å². The van der Waals surface area contributed by atoms with Gasteiger partial charge in [-0.25, -0.2) is 8.78 Å². The fraction of sp³-hybridized carbons (Fsp3) is 0.556. The molecule has 0 aromatic heterocycles. The molecule has 136 valence electrons. The molecule has 1 aromatic rings. The number of hydrogen-bond acceptors (Lipinski definition) is 3. The summed E-state index contributed by atoms with van der Waals surface area (Å²) < 4.78 is 28.7. The van der Waals surface area contributed by atoms with Gasteiger partial charge in [0.15, 0.2) is 11.6 Å². The Balaban J connectivity index is 1.71. The number of carbonyl (C=O) groups is 2. The smallest absolute Gasteiger partial charge is 0.229 e. The Morgan fingerprint density at radius 3 is 2.32 bits per heavy atom. The van der Waals surface area contributed by atoms with Gasteiger partial charge in [0.1, 0.15) is 5.69 Å². The van der Waals surface area contributed by atoms with E-state index in [2.05, 4.69) is 5.32 Å². The molecule has 2 aliphatic rings. The van der Waals surface area contributed by atoms with Gasteiger partial charge < -0.3 is 15.1 Å².